The summed E-state index contributed by atoms with van der Waals surface area (Å²) in [5.41, 5.74) is 8.00. The van der Waals surface area contributed by atoms with Crippen LogP contribution >= 0.6 is 11.3 Å². The molecule has 31 heavy (non-hydrogen) atoms. The smallest absolute Gasteiger partial charge is 0.161 e. The Morgan fingerprint density at radius 2 is 1.97 bits per heavy atom. The molecule has 152 valence electrons. The Hall–Kier alpha value is -3.85. The first kappa shape index (κ1) is 18.0. The van der Waals surface area contributed by atoms with Gasteiger partial charge in [-0.2, -0.15) is 10.2 Å². The highest BCUT2D eigenvalue weighted by Crippen LogP contribution is 2.33. The first-order chi connectivity index (χ1) is 15.2. The number of nitrogens with zero attached hydrogens (tertiary/aromatic N) is 6. The van der Waals surface area contributed by atoms with Gasteiger partial charge in [0.1, 0.15) is 11.0 Å². The van der Waals surface area contributed by atoms with Gasteiger partial charge < -0.3 is 4.98 Å². The molecule has 0 atom stereocenters. The predicted octanol–water partition coefficient (Wildman–Crippen LogP) is 4.59. The Balaban J connectivity index is 1.52. The molecular weight excluding hydrogens is 408 g/mol. The van der Waals surface area contributed by atoms with Crippen LogP contribution in [-0.4, -0.2) is 39.9 Å². The van der Waals surface area contributed by atoms with Crippen molar-refractivity contribution in [3.63, 3.8) is 0 Å². The molecule has 0 unspecified atom stereocenters. The minimum Gasteiger partial charge on any atom is -0.335 e. The first-order valence-corrected chi connectivity index (χ1v) is 10.8. The predicted molar refractivity (Wildman–Crippen MR) is 122 cm³/mol. The third-order valence-electron chi connectivity index (χ3n) is 5.33. The molecule has 0 amide bonds. The van der Waals surface area contributed by atoms with E-state index < -0.39 is 0 Å². The van der Waals surface area contributed by atoms with Gasteiger partial charge in [-0.1, -0.05) is 13.0 Å². The maximum absolute atomic E-state index is 4.93. The minimum atomic E-state index is 0.665. The van der Waals surface area contributed by atoms with Gasteiger partial charge in [0.25, 0.3) is 0 Å². The largest absolute Gasteiger partial charge is 0.335 e. The number of nitrogens with one attached hydrogen (secondary N) is 2. The monoisotopic (exact) mass is 426 g/mol. The van der Waals surface area contributed by atoms with E-state index in [1.165, 1.54) is 0 Å². The molecule has 6 heterocycles. The van der Waals surface area contributed by atoms with E-state index >= 15 is 0 Å². The molecule has 0 aliphatic carbocycles. The highest BCUT2D eigenvalue weighted by Gasteiger charge is 2.18. The van der Waals surface area contributed by atoms with Gasteiger partial charge in [-0.3, -0.25) is 14.8 Å². The van der Waals surface area contributed by atoms with E-state index in [1.54, 1.807) is 17.5 Å². The Labute approximate surface area is 181 Å². The Morgan fingerprint density at radius 1 is 1.03 bits per heavy atom. The highest BCUT2D eigenvalue weighted by molar-refractivity contribution is 7.13. The topological polar surface area (TPSA) is 101 Å². The number of thiophene rings is 1. The average Bonchev–Trinajstić information content (AvgIpc) is 3.57. The van der Waals surface area contributed by atoms with E-state index in [-0.39, 0.29) is 0 Å². The van der Waals surface area contributed by atoms with Crippen LogP contribution < -0.4 is 0 Å². The van der Waals surface area contributed by atoms with Crippen molar-refractivity contribution in [1.82, 2.24) is 39.9 Å². The molecule has 0 saturated carbocycles. The molecule has 0 aliphatic rings. The zero-order valence-electron chi connectivity index (χ0n) is 16.9. The van der Waals surface area contributed by atoms with Crippen molar-refractivity contribution in [2.75, 3.05) is 0 Å². The Morgan fingerprint density at radius 3 is 2.81 bits per heavy atom. The average molecular weight is 427 g/mol. The molecule has 9 heteroatoms. The number of aromatic amines is 2. The minimum absolute atomic E-state index is 0.665. The molecule has 0 aliphatic heterocycles. The number of hydrogen-bond acceptors (Lipinski definition) is 6. The second-order valence-electron chi connectivity index (χ2n) is 7.33. The summed E-state index contributed by atoms with van der Waals surface area (Å²) in [7, 11) is 1.93. The summed E-state index contributed by atoms with van der Waals surface area (Å²) < 4.78 is 1.83. The van der Waals surface area contributed by atoms with Crippen LogP contribution in [-0.2, 0) is 13.5 Å². The SMILES string of the molecule is CCc1nn(C)cc1-c1ccc2[nH]nc(-c3nc4c(-c5cccs5)cncc4[nH]3)c2n1. The van der Waals surface area contributed by atoms with E-state index in [2.05, 4.69) is 43.6 Å². The number of imidazole rings is 1. The maximum atomic E-state index is 4.93. The fourth-order valence-corrected chi connectivity index (χ4v) is 4.62. The van der Waals surface area contributed by atoms with Crippen molar-refractivity contribution in [3.8, 4) is 33.2 Å². The van der Waals surface area contributed by atoms with Gasteiger partial charge in [-0.25, -0.2) is 9.97 Å². The Bertz CT molecular complexity index is 1540. The van der Waals surface area contributed by atoms with Gasteiger partial charge in [-0.15, -0.1) is 11.3 Å². The Kier molecular flexibility index (Phi) is 3.97. The van der Waals surface area contributed by atoms with Crippen molar-refractivity contribution >= 4 is 33.4 Å². The van der Waals surface area contributed by atoms with E-state index in [0.717, 1.165) is 55.9 Å². The third kappa shape index (κ3) is 2.85. The van der Waals surface area contributed by atoms with Crippen molar-refractivity contribution in [1.29, 1.82) is 0 Å². The van der Waals surface area contributed by atoms with Crippen molar-refractivity contribution in [2.24, 2.45) is 7.05 Å². The summed E-state index contributed by atoms with van der Waals surface area (Å²) in [6, 6.07) is 8.11. The lowest BCUT2D eigenvalue weighted by Crippen LogP contribution is -1.90. The van der Waals surface area contributed by atoms with Crippen molar-refractivity contribution < 1.29 is 0 Å². The summed E-state index contributed by atoms with van der Waals surface area (Å²) in [6.07, 6.45) is 6.50. The van der Waals surface area contributed by atoms with E-state index in [4.69, 9.17) is 9.97 Å². The quantitative estimate of drug-likeness (QED) is 0.429. The molecule has 0 aromatic carbocycles. The highest BCUT2D eigenvalue weighted by atomic mass is 32.1. The molecule has 8 nitrogen and oxygen atoms in total. The molecule has 0 radical (unpaired) electrons. The van der Waals surface area contributed by atoms with E-state index in [0.29, 0.717) is 11.5 Å². The van der Waals surface area contributed by atoms with Gasteiger partial charge in [0.15, 0.2) is 11.5 Å². The normalized spacial score (nSPS) is 11.7. The molecule has 0 saturated heterocycles. The number of aryl methyl sites for hydroxylation is 2. The summed E-state index contributed by atoms with van der Waals surface area (Å²) >= 11 is 1.67. The first-order valence-electron chi connectivity index (χ1n) is 9.97. The molecule has 0 fully saturated rings. The van der Waals surface area contributed by atoms with Crippen LogP contribution in [0.4, 0.5) is 0 Å². The van der Waals surface area contributed by atoms with Crippen LogP contribution in [0.25, 0.3) is 55.3 Å². The number of rotatable bonds is 4. The van der Waals surface area contributed by atoms with Gasteiger partial charge in [0.05, 0.1) is 28.6 Å². The van der Waals surface area contributed by atoms with Crippen LogP contribution in [0.15, 0.2) is 48.2 Å². The maximum Gasteiger partial charge on any atom is 0.161 e. The van der Waals surface area contributed by atoms with E-state index in [1.807, 2.05) is 42.3 Å². The number of fused-ring (bicyclic) bond motifs is 2. The summed E-state index contributed by atoms with van der Waals surface area (Å²) in [6.45, 7) is 2.10. The number of hydrogen-bond donors (Lipinski definition) is 2. The van der Waals surface area contributed by atoms with Crippen molar-refractivity contribution in [3.05, 3.63) is 53.9 Å². The van der Waals surface area contributed by atoms with Gasteiger partial charge >= 0.3 is 0 Å². The van der Waals surface area contributed by atoms with Crippen LogP contribution in [0, 0.1) is 0 Å². The lowest BCUT2D eigenvalue weighted by atomic mass is 10.1. The van der Waals surface area contributed by atoms with Gasteiger partial charge in [0, 0.05) is 35.4 Å². The summed E-state index contributed by atoms with van der Waals surface area (Å²) in [5, 5.41) is 14.2. The number of aromatic nitrogens is 8. The fourth-order valence-electron chi connectivity index (χ4n) is 3.88. The molecule has 2 N–H and O–H groups in total. The summed E-state index contributed by atoms with van der Waals surface area (Å²) in [4.78, 5) is 18.7. The van der Waals surface area contributed by atoms with Crippen LogP contribution in [0.5, 0.6) is 0 Å². The molecular formula is C22H18N8S. The molecule has 6 aromatic heterocycles. The zero-order valence-corrected chi connectivity index (χ0v) is 17.7. The standard InChI is InChI=1S/C22H18N8S/c1-3-14-13(11-30(2)29-14)15-6-7-16-20(24-15)21(28-27-16)22-25-17-10-23-9-12(19(17)26-22)18-5-4-8-31-18/h4-11H,3H2,1-2H3,(H,25,26)(H,27,28). The van der Waals surface area contributed by atoms with Crippen LogP contribution in [0.1, 0.15) is 12.6 Å². The third-order valence-corrected chi connectivity index (χ3v) is 6.23. The molecule has 6 aromatic rings. The second-order valence-corrected chi connectivity index (χ2v) is 8.28. The van der Waals surface area contributed by atoms with Crippen LogP contribution in [0.2, 0.25) is 0 Å². The van der Waals surface area contributed by atoms with Crippen LogP contribution in [0.3, 0.4) is 0 Å². The van der Waals surface area contributed by atoms with Gasteiger partial charge in [-0.05, 0) is 30.0 Å². The lowest BCUT2D eigenvalue weighted by Gasteiger charge is -2.00. The molecule has 0 bridgehead atoms. The lowest BCUT2D eigenvalue weighted by molar-refractivity contribution is 0.746. The zero-order chi connectivity index (χ0) is 20.9. The van der Waals surface area contributed by atoms with Gasteiger partial charge in [0.2, 0.25) is 0 Å². The fraction of sp³-hybridized carbons (Fsp3) is 0.136. The number of pyridine rings is 2. The molecule has 0 spiro atoms. The summed E-state index contributed by atoms with van der Waals surface area (Å²) in [5.74, 6) is 0.665. The second kappa shape index (κ2) is 6.85. The van der Waals surface area contributed by atoms with Crippen molar-refractivity contribution in [2.45, 2.75) is 13.3 Å². The number of H-pyrrole nitrogens is 2. The molecule has 6 rings (SSSR count). The van der Waals surface area contributed by atoms with E-state index in [9.17, 15) is 0 Å².